The van der Waals surface area contributed by atoms with Gasteiger partial charge in [-0.1, -0.05) is 48.0 Å². The molecule has 2 nitrogen and oxygen atoms in total. The Morgan fingerprint density at radius 2 is 1.39 bits per heavy atom. The second kappa shape index (κ2) is 6.12. The zero-order chi connectivity index (χ0) is 22.1. The molecule has 0 radical (unpaired) electrons. The highest BCUT2D eigenvalue weighted by molar-refractivity contribution is 5.25. The molecule has 2 heteroatoms. The fourth-order valence-corrected chi connectivity index (χ4v) is 12.0. The molecule has 0 aromatic carbocycles. The molecule has 6 fully saturated rings. The van der Waals surface area contributed by atoms with Crippen LogP contribution in [0.1, 0.15) is 112 Å². The van der Waals surface area contributed by atoms with Crippen molar-refractivity contribution in [3.63, 3.8) is 0 Å². The van der Waals surface area contributed by atoms with Gasteiger partial charge in [0.05, 0.1) is 18.3 Å². The molecule has 31 heavy (non-hydrogen) atoms. The van der Waals surface area contributed by atoms with E-state index < -0.39 is 5.60 Å². The molecule has 5 saturated carbocycles. The van der Waals surface area contributed by atoms with Crippen molar-refractivity contribution in [3.8, 4) is 0 Å². The maximum absolute atomic E-state index is 12.8. The Labute approximate surface area is 191 Å². The minimum Gasteiger partial charge on any atom is -0.389 e. The zero-order valence-electron chi connectivity index (χ0n) is 21.2. The number of hydrogen-bond acceptors (Lipinski definition) is 2. The molecule has 0 spiro atoms. The minimum atomic E-state index is -0.509. The molecule has 1 saturated heterocycles. The first-order valence-corrected chi connectivity index (χ1v) is 13.8. The zero-order valence-corrected chi connectivity index (χ0v) is 21.2. The molecule has 1 heterocycles. The van der Waals surface area contributed by atoms with Crippen LogP contribution in [0.2, 0.25) is 0 Å². The summed E-state index contributed by atoms with van der Waals surface area (Å²) in [5.41, 5.74) is 0.815. The van der Waals surface area contributed by atoms with Crippen molar-refractivity contribution < 1.29 is 9.84 Å². The van der Waals surface area contributed by atoms with Crippen molar-refractivity contribution in [3.05, 3.63) is 0 Å². The Morgan fingerprint density at radius 1 is 0.710 bits per heavy atom. The summed E-state index contributed by atoms with van der Waals surface area (Å²) < 4.78 is 5.80. The molecular weight excluding hydrogens is 380 g/mol. The molecule has 1 aliphatic heterocycles. The van der Waals surface area contributed by atoms with E-state index in [2.05, 4.69) is 41.5 Å². The Morgan fingerprint density at radius 3 is 2.10 bits per heavy atom. The third-order valence-electron chi connectivity index (χ3n) is 13.8. The first kappa shape index (κ1) is 21.5. The van der Waals surface area contributed by atoms with Gasteiger partial charge in [-0.15, -0.1) is 0 Å². The van der Waals surface area contributed by atoms with Gasteiger partial charge in [-0.2, -0.15) is 0 Å². The fraction of sp³-hybridized carbons (Fsp3) is 1.00. The van der Waals surface area contributed by atoms with Crippen LogP contribution in [0.4, 0.5) is 0 Å². The van der Waals surface area contributed by atoms with Crippen LogP contribution in [0.5, 0.6) is 0 Å². The van der Waals surface area contributed by atoms with E-state index in [9.17, 15) is 5.11 Å². The van der Waals surface area contributed by atoms with E-state index in [1.54, 1.807) is 0 Å². The molecule has 0 unspecified atom stereocenters. The molecule has 10 atom stereocenters. The van der Waals surface area contributed by atoms with Gasteiger partial charge < -0.3 is 9.84 Å². The summed E-state index contributed by atoms with van der Waals surface area (Å²) in [6, 6.07) is 0. The van der Waals surface area contributed by atoms with Gasteiger partial charge in [0.25, 0.3) is 0 Å². The first-order chi connectivity index (χ1) is 14.4. The Bertz CT molecular complexity index is 771. The van der Waals surface area contributed by atoms with Crippen LogP contribution in [-0.2, 0) is 4.74 Å². The topological polar surface area (TPSA) is 32.8 Å². The van der Waals surface area contributed by atoms with E-state index in [-0.39, 0.29) is 16.2 Å². The van der Waals surface area contributed by atoms with Crippen LogP contribution < -0.4 is 0 Å². The average molecular weight is 429 g/mol. The SMILES string of the molecule is CC1(C)CCC[C@]2(C)[C@H]3CC[C@@]4(O)[C@@](C)(CC[C@H]5[C@@H]([C@@H]6CO6)CC[C@@]54C)[C@]3(C)CC[C@@H]12. The molecule has 0 amide bonds. The van der Waals surface area contributed by atoms with Crippen molar-refractivity contribution in [2.45, 2.75) is 124 Å². The summed E-state index contributed by atoms with van der Waals surface area (Å²) >= 11 is 0. The highest BCUT2D eigenvalue weighted by Gasteiger charge is 2.76. The van der Waals surface area contributed by atoms with Crippen molar-refractivity contribution in [1.82, 2.24) is 0 Å². The molecule has 6 rings (SSSR count). The lowest BCUT2D eigenvalue weighted by atomic mass is 9.30. The van der Waals surface area contributed by atoms with E-state index in [0.717, 1.165) is 24.9 Å². The molecular formula is C29H48O2. The molecule has 5 aliphatic carbocycles. The quantitative estimate of drug-likeness (QED) is 0.456. The molecule has 0 aromatic heterocycles. The van der Waals surface area contributed by atoms with Crippen molar-refractivity contribution >= 4 is 0 Å². The predicted octanol–water partition coefficient (Wildman–Crippen LogP) is 6.99. The van der Waals surface area contributed by atoms with Crippen molar-refractivity contribution in [2.24, 2.45) is 50.7 Å². The van der Waals surface area contributed by atoms with Crippen LogP contribution in [0.25, 0.3) is 0 Å². The van der Waals surface area contributed by atoms with Gasteiger partial charge in [-0.05, 0) is 104 Å². The summed E-state index contributed by atoms with van der Waals surface area (Å²) in [6.07, 6.45) is 14.7. The molecule has 176 valence electrons. The van der Waals surface area contributed by atoms with Gasteiger partial charge in [0.1, 0.15) is 0 Å². The van der Waals surface area contributed by atoms with Crippen LogP contribution in [0.3, 0.4) is 0 Å². The average Bonchev–Trinajstić information content (AvgIpc) is 3.46. The van der Waals surface area contributed by atoms with Gasteiger partial charge in [0, 0.05) is 10.8 Å². The normalized spacial score (nSPS) is 62.2. The summed E-state index contributed by atoms with van der Waals surface area (Å²) in [4.78, 5) is 0. The Balaban J connectivity index is 1.41. The van der Waals surface area contributed by atoms with E-state index in [4.69, 9.17) is 4.74 Å². The minimum absolute atomic E-state index is 0.0447. The van der Waals surface area contributed by atoms with Crippen molar-refractivity contribution in [1.29, 1.82) is 0 Å². The number of fused-ring (bicyclic) bond motifs is 7. The van der Waals surface area contributed by atoms with Crippen LogP contribution in [0, 0.1) is 50.7 Å². The van der Waals surface area contributed by atoms with E-state index in [1.165, 1.54) is 64.2 Å². The van der Waals surface area contributed by atoms with Crippen LogP contribution in [0.15, 0.2) is 0 Å². The number of aliphatic hydroxyl groups is 1. The monoisotopic (exact) mass is 428 g/mol. The summed E-state index contributed by atoms with van der Waals surface area (Å²) in [6.45, 7) is 16.5. The number of epoxide rings is 1. The lowest BCUT2D eigenvalue weighted by molar-refractivity contribution is -0.312. The van der Waals surface area contributed by atoms with Gasteiger partial charge >= 0.3 is 0 Å². The Kier molecular flexibility index (Phi) is 4.24. The highest BCUT2D eigenvalue weighted by Crippen LogP contribution is 2.79. The molecule has 0 bridgehead atoms. The lowest BCUT2D eigenvalue weighted by Gasteiger charge is -2.75. The Hall–Kier alpha value is -0.0800. The van der Waals surface area contributed by atoms with E-state index in [0.29, 0.717) is 28.8 Å². The maximum atomic E-state index is 12.8. The number of ether oxygens (including phenoxy) is 1. The second-order valence-corrected chi connectivity index (χ2v) is 14.8. The second-order valence-electron chi connectivity index (χ2n) is 14.8. The summed E-state index contributed by atoms with van der Waals surface area (Å²) in [7, 11) is 0. The van der Waals surface area contributed by atoms with Gasteiger partial charge in [-0.3, -0.25) is 0 Å². The predicted molar refractivity (Wildman–Crippen MR) is 126 cm³/mol. The summed E-state index contributed by atoms with van der Waals surface area (Å²) in [5, 5.41) is 12.8. The number of rotatable bonds is 1. The molecule has 1 N–H and O–H groups in total. The standard InChI is InChI=1S/C29H48O2/c1-24(2)12-7-13-25(3)22(24)10-15-27(5)23(25)11-17-29(30)26(4)14-8-19(21-18-31-21)20(26)9-16-28(27,29)6/h19-23,30H,7-18H2,1-6H3/t19-,20-,21-,22-,23+,25-,26-,27+,28-,29-/m0/s1. The van der Waals surface area contributed by atoms with Crippen molar-refractivity contribution in [2.75, 3.05) is 6.61 Å². The summed E-state index contributed by atoms with van der Waals surface area (Å²) in [5.74, 6) is 3.00. The van der Waals surface area contributed by atoms with Crippen LogP contribution in [-0.4, -0.2) is 23.4 Å². The van der Waals surface area contributed by atoms with Gasteiger partial charge in [-0.25, -0.2) is 0 Å². The number of hydrogen-bond donors (Lipinski definition) is 1. The molecule has 6 aliphatic rings. The van der Waals surface area contributed by atoms with Crippen LogP contribution >= 0.6 is 0 Å². The largest absolute Gasteiger partial charge is 0.389 e. The smallest absolute Gasteiger partial charge is 0.0840 e. The third kappa shape index (κ3) is 2.34. The third-order valence-corrected chi connectivity index (χ3v) is 13.8. The van der Waals surface area contributed by atoms with E-state index in [1.807, 2.05) is 0 Å². The maximum Gasteiger partial charge on any atom is 0.0840 e. The first-order valence-electron chi connectivity index (χ1n) is 13.8. The fourth-order valence-electron chi connectivity index (χ4n) is 12.0. The van der Waals surface area contributed by atoms with Gasteiger partial charge in [0.15, 0.2) is 0 Å². The van der Waals surface area contributed by atoms with Gasteiger partial charge in [0.2, 0.25) is 0 Å². The van der Waals surface area contributed by atoms with E-state index >= 15 is 0 Å². The highest BCUT2D eigenvalue weighted by atomic mass is 16.6. The lowest BCUT2D eigenvalue weighted by Crippen LogP contribution is -2.73. The molecule has 0 aromatic rings.